The molecule has 1 amide bonds. The highest BCUT2D eigenvalue weighted by Gasteiger charge is 2.15. The highest BCUT2D eigenvalue weighted by Crippen LogP contribution is 2.21. The molecule has 35 heavy (non-hydrogen) atoms. The van der Waals surface area contributed by atoms with Crippen LogP contribution < -0.4 is 10.0 Å². The summed E-state index contributed by atoms with van der Waals surface area (Å²) in [5, 5.41) is 2.71. The van der Waals surface area contributed by atoms with E-state index >= 15 is 0 Å². The monoisotopic (exact) mass is 490 g/mol. The van der Waals surface area contributed by atoms with Crippen molar-refractivity contribution in [2.75, 3.05) is 10.0 Å². The number of imidazole rings is 1. The Morgan fingerprint density at radius 1 is 0.886 bits per heavy atom. The number of nitrogens with one attached hydrogen (secondary N) is 2. The number of para-hydroxylation sites is 2. The minimum absolute atomic E-state index is 0.124. The van der Waals surface area contributed by atoms with E-state index in [9.17, 15) is 13.2 Å². The Hall–Kier alpha value is -3.65. The van der Waals surface area contributed by atoms with E-state index < -0.39 is 10.0 Å². The van der Waals surface area contributed by atoms with Gasteiger partial charge in [0.05, 0.1) is 15.9 Å². The molecule has 1 aromatic heterocycles. The largest absolute Gasteiger partial charge is 0.328 e. The van der Waals surface area contributed by atoms with Gasteiger partial charge in [0.2, 0.25) is 5.91 Å². The van der Waals surface area contributed by atoms with Gasteiger partial charge in [0.25, 0.3) is 10.0 Å². The van der Waals surface area contributed by atoms with Crippen LogP contribution in [0.25, 0.3) is 11.0 Å². The second-order valence-corrected chi connectivity index (χ2v) is 10.1. The zero-order valence-electron chi connectivity index (χ0n) is 20.0. The molecular weight excluding hydrogens is 460 g/mol. The minimum Gasteiger partial charge on any atom is -0.328 e. The van der Waals surface area contributed by atoms with Gasteiger partial charge in [-0.15, -0.1) is 0 Å². The van der Waals surface area contributed by atoms with Gasteiger partial charge in [0, 0.05) is 30.8 Å². The van der Waals surface area contributed by atoms with Gasteiger partial charge in [-0.3, -0.25) is 9.52 Å². The van der Waals surface area contributed by atoms with Crippen LogP contribution in [0.2, 0.25) is 0 Å². The molecule has 4 rings (SSSR count). The van der Waals surface area contributed by atoms with E-state index in [-0.39, 0.29) is 10.8 Å². The molecule has 2 N–H and O–H groups in total. The molecule has 3 aromatic carbocycles. The third-order valence-electron chi connectivity index (χ3n) is 5.79. The summed E-state index contributed by atoms with van der Waals surface area (Å²) in [4.78, 5) is 16.5. The van der Waals surface area contributed by atoms with Crippen molar-refractivity contribution < 1.29 is 13.2 Å². The number of hydrogen-bond acceptors (Lipinski definition) is 4. The first-order valence-corrected chi connectivity index (χ1v) is 13.3. The van der Waals surface area contributed by atoms with Crippen LogP contribution in [0.1, 0.15) is 38.1 Å². The molecule has 1 heterocycles. The normalized spacial score (nSPS) is 11.5. The van der Waals surface area contributed by atoms with Crippen molar-refractivity contribution in [3.05, 3.63) is 84.2 Å². The molecule has 7 nitrogen and oxygen atoms in total. The first-order chi connectivity index (χ1) is 16.9. The van der Waals surface area contributed by atoms with Crippen LogP contribution in [0, 0.1) is 0 Å². The van der Waals surface area contributed by atoms with E-state index in [0.29, 0.717) is 17.8 Å². The molecule has 0 aliphatic rings. The first-order valence-electron chi connectivity index (χ1n) is 11.9. The fourth-order valence-electron chi connectivity index (χ4n) is 3.97. The number of rotatable bonds is 10. The van der Waals surface area contributed by atoms with Crippen LogP contribution in [0.5, 0.6) is 0 Å². The van der Waals surface area contributed by atoms with E-state index in [2.05, 4.69) is 27.6 Å². The van der Waals surface area contributed by atoms with Crippen molar-refractivity contribution in [3.63, 3.8) is 0 Å². The summed E-state index contributed by atoms with van der Waals surface area (Å²) in [6.07, 6.45) is 3.01. The Morgan fingerprint density at radius 3 is 2.26 bits per heavy atom. The Balaban J connectivity index is 1.41. The van der Waals surface area contributed by atoms with Crippen LogP contribution in [0.4, 0.5) is 11.4 Å². The summed E-state index contributed by atoms with van der Waals surface area (Å²) >= 11 is 0. The summed E-state index contributed by atoms with van der Waals surface area (Å²) in [5.41, 5.74) is 4.35. The standard InChI is InChI=1S/C27H30N4O3S/c1-3-19-31-25-8-6-5-7-24(25)29-26(31)18-11-20-9-12-22(13-10-20)30-35(33,34)23-16-14-21(15-17-23)28-27(32)4-2/h5-10,12-17,30H,3-4,11,18-19H2,1-2H3,(H,28,32). The lowest BCUT2D eigenvalue weighted by molar-refractivity contribution is -0.115. The van der Waals surface area contributed by atoms with E-state index in [0.717, 1.165) is 48.2 Å². The molecule has 0 bridgehead atoms. The quantitative estimate of drug-likeness (QED) is 0.312. The van der Waals surface area contributed by atoms with E-state index in [4.69, 9.17) is 4.98 Å². The molecule has 8 heteroatoms. The lowest BCUT2D eigenvalue weighted by Gasteiger charge is -2.11. The number of sulfonamides is 1. The number of amides is 1. The SMILES string of the molecule is CCCn1c(CCc2ccc(NS(=O)(=O)c3ccc(NC(=O)CC)cc3)cc2)nc2ccccc21. The van der Waals surface area contributed by atoms with Crippen molar-refractivity contribution in [2.45, 2.75) is 51.0 Å². The molecule has 0 radical (unpaired) electrons. The molecule has 0 saturated carbocycles. The molecule has 0 aliphatic heterocycles. The van der Waals surface area contributed by atoms with Gasteiger partial charge in [-0.05, 0) is 66.9 Å². The third-order valence-corrected chi connectivity index (χ3v) is 7.19. The molecule has 0 spiro atoms. The number of aryl methyl sites for hydroxylation is 3. The maximum Gasteiger partial charge on any atom is 0.261 e. The number of fused-ring (bicyclic) bond motifs is 1. The number of carbonyl (C=O) groups is 1. The molecule has 182 valence electrons. The van der Waals surface area contributed by atoms with Gasteiger partial charge < -0.3 is 9.88 Å². The predicted molar refractivity (Wildman–Crippen MR) is 140 cm³/mol. The lowest BCUT2D eigenvalue weighted by Crippen LogP contribution is -2.13. The Labute approximate surface area is 206 Å². The van der Waals surface area contributed by atoms with Crippen molar-refractivity contribution in [2.24, 2.45) is 0 Å². The smallest absolute Gasteiger partial charge is 0.261 e. The zero-order valence-corrected chi connectivity index (χ0v) is 20.8. The summed E-state index contributed by atoms with van der Waals surface area (Å²) in [7, 11) is -3.74. The van der Waals surface area contributed by atoms with Gasteiger partial charge in [0.15, 0.2) is 0 Å². The molecular formula is C27H30N4O3S. The molecule has 0 unspecified atom stereocenters. The highest BCUT2D eigenvalue weighted by atomic mass is 32.2. The van der Waals surface area contributed by atoms with Crippen LogP contribution in [0.3, 0.4) is 0 Å². The van der Waals surface area contributed by atoms with Crippen molar-refractivity contribution in [1.82, 2.24) is 9.55 Å². The van der Waals surface area contributed by atoms with Crippen LogP contribution in [-0.2, 0) is 34.2 Å². The Kier molecular flexibility index (Phi) is 7.51. The summed E-state index contributed by atoms with van der Waals surface area (Å²) in [6.45, 7) is 4.85. The zero-order chi connectivity index (χ0) is 24.8. The van der Waals surface area contributed by atoms with Crippen LogP contribution >= 0.6 is 0 Å². The van der Waals surface area contributed by atoms with Crippen molar-refractivity contribution in [1.29, 1.82) is 0 Å². The summed E-state index contributed by atoms with van der Waals surface area (Å²) in [6, 6.07) is 21.7. The Bertz CT molecular complexity index is 1410. The van der Waals surface area contributed by atoms with Gasteiger partial charge in [-0.1, -0.05) is 38.1 Å². The molecule has 0 aliphatic carbocycles. The molecule has 0 fully saturated rings. The molecule has 0 saturated heterocycles. The fraction of sp³-hybridized carbons (Fsp3) is 0.259. The lowest BCUT2D eigenvalue weighted by atomic mass is 10.1. The van der Waals surface area contributed by atoms with E-state index in [1.807, 2.05) is 30.3 Å². The van der Waals surface area contributed by atoms with Crippen LogP contribution in [0.15, 0.2) is 77.7 Å². The van der Waals surface area contributed by atoms with Gasteiger partial charge in [-0.2, -0.15) is 0 Å². The maximum absolute atomic E-state index is 12.8. The van der Waals surface area contributed by atoms with E-state index in [1.165, 1.54) is 12.1 Å². The average molecular weight is 491 g/mol. The number of anilines is 2. The molecule has 0 atom stereocenters. The summed E-state index contributed by atoms with van der Waals surface area (Å²) < 4.78 is 30.4. The van der Waals surface area contributed by atoms with E-state index in [1.54, 1.807) is 31.2 Å². The Morgan fingerprint density at radius 2 is 1.57 bits per heavy atom. The second-order valence-electron chi connectivity index (χ2n) is 8.40. The maximum atomic E-state index is 12.8. The van der Waals surface area contributed by atoms with Crippen molar-refractivity contribution >= 4 is 38.3 Å². The number of hydrogen-bond donors (Lipinski definition) is 2. The predicted octanol–water partition coefficient (Wildman–Crippen LogP) is 5.38. The fourth-order valence-corrected chi connectivity index (χ4v) is 5.02. The topological polar surface area (TPSA) is 93.1 Å². The minimum atomic E-state index is -3.74. The number of benzene rings is 3. The first kappa shape index (κ1) is 24.5. The average Bonchev–Trinajstić information content (AvgIpc) is 3.21. The molecule has 4 aromatic rings. The second kappa shape index (κ2) is 10.7. The number of carbonyl (C=O) groups excluding carboxylic acids is 1. The third kappa shape index (κ3) is 5.89. The highest BCUT2D eigenvalue weighted by molar-refractivity contribution is 7.92. The number of aromatic nitrogens is 2. The van der Waals surface area contributed by atoms with Gasteiger partial charge in [-0.25, -0.2) is 13.4 Å². The van der Waals surface area contributed by atoms with Crippen molar-refractivity contribution in [3.8, 4) is 0 Å². The van der Waals surface area contributed by atoms with Gasteiger partial charge in [0.1, 0.15) is 5.82 Å². The number of nitrogens with zero attached hydrogens (tertiary/aromatic N) is 2. The van der Waals surface area contributed by atoms with Crippen LogP contribution in [-0.4, -0.2) is 23.9 Å². The summed E-state index contributed by atoms with van der Waals surface area (Å²) in [5.74, 6) is 0.942. The van der Waals surface area contributed by atoms with Gasteiger partial charge >= 0.3 is 0 Å².